The van der Waals surface area contributed by atoms with E-state index < -0.39 is 0 Å². The monoisotopic (exact) mass is 403 g/mol. The number of hydrogen-bond donors (Lipinski definition) is 1. The molecular weight excluding hydrogens is 382 g/mol. The number of rotatable bonds is 5. The van der Waals surface area contributed by atoms with E-state index in [0.29, 0.717) is 18.1 Å². The van der Waals surface area contributed by atoms with Crippen LogP contribution in [-0.4, -0.2) is 19.3 Å². The van der Waals surface area contributed by atoms with Gasteiger partial charge in [-0.15, -0.1) is 0 Å². The van der Waals surface area contributed by atoms with Crippen LogP contribution in [0.5, 0.6) is 0 Å². The quantitative estimate of drug-likeness (QED) is 0.746. The molecule has 112 valence electrons. The molecule has 0 aliphatic carbocycles. The van der Waals surface area contributed by atoms with Gasteiger partial charge in [0.25, 0.3) is 0 Å². The van der Waals surface area contributed by atoms with Crippen molar-refractivity contribution < 1.29 is 4.74 Å². The van der Waals surface area contributed by atoms with E-state index in [0.717, 1.165) is 26.0 Å². The van der Waals surface area contributed by atoms with Gasteiger partial charge in [-0.3, -0.25) is 0 Å². The molecule has 3 atom stereocenters. The summed E-state index contributed by atoms with van der Waals surface area (Å²) in [6, 6.07) is 4.79. The second-order valence-corrected chi connectivity index (χ2v) is 7.40. The van der Waals surface area contributed by atoms with E-state index in [1.165, 1.54) is 20.1 Å². The summed E-state index contributed by atoms with van der Waals surface area (Å²) in [6.45, 7) is 8.37. The Labute approximate surface area is 138 Å². The minimum absolute atomic E-state index is 0.353. The third-order valence-electron chi connectivity index (χ3n) is 3.93. The van der Waals surface area contributed by atoms with Gasteiger partial charge in [-0.1, -0.05) is 38.8 Å². The maximum atomic E-state index is 5.77. The van der Waals surface area contributed by atoms with Gasteiger partial charge in [0, 0.05) is 20.9 Å². The molecule has 1 aliphatic heterocycles. The highest BCUT2D eigenvalue weighted by atomic mass is 79.9. The Balaban J connectivity index is 2.28. The first-order chi connectivity index (χ1) is 9.52. The second-order valence-electron chi connectivity index (χ2n) is 5.69. The van der Waals surface area contributed by atoms with Crippen LogP contribution in [0.2, 0.25) is 0 Å². The third-order valence-corrected chi connectivity index (χ3v) is 5.47. The standard InChI is InChI=1S/C16H23Br2NO/c1-4-5-19-16(12-7-11(3)20-9-12)13-8-14(17)10(2)6-15(13)18/h6,8,11-12,16,19H,4-5,7,9H2,1-3H3. The summed E-state index contributed by atoms with van der Waals surface area (Å²) in [6.07, 6.45) is 2.64. The molecule has 0 aromatic heterocycles. The number of halogens is 2. The summed E-state index contributed by atoms with van der Waals surface area (Å²) in [4.78, 5) is 0. The summed E-state index contributed by atoms with van der Waals surface area (Å²) in [5, 5.41) is 3.70. The van der Waals surface area contributed by atoms with Crippen molar-refractivity contribution in [3.05, 3.63) is 32.2 Å². The fourth-order valence-corrected chi connectivity index (χ4v) is 3.88. The number of nitrogens with one attached hydrogen (secondary N) is 1. The number of ether oxygens (including phenoxy) is 1. The predicted octanol–water partition coefficient (Wildman–Crippen LogP) is 4.99. The molecule has 1 N–H and O–H groups in total. The summed E-state index contributed by atoms with van der Waals surface area (Å²) in [5.74, 6) is 0.544. The molecule has 2 nitrogen and oxygen atoms in total. The van der Waals surface area contributed by atoms with Crippen LogP contribution in [0.4, 0.5) is 0 Å². The maximum absolute atomic E-state index is 5.77. The Hall–Kier alpha value is 0.1000. The van der Waals surface area contributed by atoms with Crippen molar-refractivity contribution in [1.29, 1.82) is 0 Å². The maximum Gasteiger partial charge on any atom is 0.0551 e. The van der Waals surface area contributed by atoms with Crippen LogP contribution in [0.25, 0.3) is 0 Å². The van der Waals surface area contributed by atoms with Crippen molar-refractivity contribution >= 4 is 31.9 Å². The van der Waals surface area contributed by atoms with E-state index in [2.05, 4.69) is 70.1 Å². The molecule has 1 aliphatic rings. The molecule has 1 heterocycles. The topological polar surface area (TPSA) is 21.3 Å². The molecule has 1 saturated heterocycles. The fraction of sp³-hybridized carbons (Fsp3) is 0.625. The lowest BCUT2D eigenvalue weighted by molar-refractivity contribution is 0.117. The van der Waals surface area contributed by atoms with Gasteiger partial charge in [-0.2, -0.15) is 0 Å². The molecule has 1 aromatic carbocycles. The minimum Gasteiger partial charge on any atom is -0.378 e. The van der Waals surface area contributed by atoms with Crippen LogP contribution in [0, 0.1) is 12.8 Å². The van der Waals surface area contributed by atoms with E-state index >= 15 is 0 Å². The first-order valence-corrected chi connectivity index (χ1v) is 8.92. The lowest BCUT2D eigenvalue weighted by Gasteiger charge is -2.26. The zero-order chi connectivity index (χ0) is 14.7. The third kappa shape index (κ3) is 3.85. The lowest BCUT2D eigenvalue weighted by atomic mass is 9.90. The van der Waals surface area contributed by atoms with Gasteiger partial charge in [0.2, 0.25) is 0 Å². The average Bonchev–Trinajstić information content (AvgIpc) is 2.82. The zero-order valence-corrected chi connectivity index (χ0v) is 15.6. The van der Waals surface area contributed by atoms with Crippen LogP contribution < -0.4 is 5.32 Å². The predicted molar refractivity (Wildman–Crippen MR) is 91.1 cm³/mol. The zero-order valence-electron chi connectivity index (χ0n) is 12.4. The molecule has 2 rings (SSSR count). The van der Waals surface area contributed by atoms with Crippen molar-refractivity contribution in [2.45, 2.75) is 45.8 Å². The number of benzene rings is 1. The Morgan fingerprint density at radius 1 is 1.35 bits per heavy atom. The Morgan fingerprint density at radius 2 is 2.10 bits per heavy atom. The molecule has 3 unspecified atom stereocenters. The van der Waals surface area contributed by atoms with Gasteiger partial charge in [0.15, 0.2) is 0 Å². The summed E-state index contributed by atoms with van der Waals surface area (Å²) >= 11 is 7.39. The molecule has 0 bridgehead atoms. The van der Waals surface area contributed by atoms with Crippen molar-refractivity contribution in [3.63, 3.8) is 0 Å². The first kappa shape index (κ1) is 16.5. The van der Waals surface area contributed by atoms with E-state index in [1.54, 1.807) is 0 Å². The largest absolute Gasteiger partial charge is 0.378 e. The van der Waals surface area contributed by atoms with Crippen LogP contribution in [0.15, 0.2) is 21.1 Å². The molecular formula is C16H23Br2NO. The highest BCUT2D eigenvalue weighted by Crippen LogP contribution is 2.37. The van der Waals surface area contributed by atoms with E-state index in [-0.39, 0.29) is 0 Å². The van der Waals surface area contributed by atoms with E-state index in [9.17, 15) is 0 Å². The van der Waals surface area contributed by atoms with Crippen LogP contribution in [0.1, 0.15) is 43.9 Å². The summed E-state index contributed by atoms with van der Waals surface area (Å²) in [7, 11) is 0. The van der Waals surface area contributed by atoms with Crippen molar-refractivity contribution in [2.75, 3.05) is 13.2 Å². The Kier molecular flexibility index (Phi) is 6.09. The van der Waals surface area contributed by atoms with Gasteiger partial charge in [-0.05, 0) is 56.5 Å². The molecule has 0 spiro atoms. The van der Waals surface area contributed by atoms with E-state index in [4.69, 9.17) is 4.74 Å². The van der Waals surface area contributed by atoms with Crippen LogP contribution in [0.3, 0.4) is 0 Å². The second kappa shape index (κ2) is 7.39. The molecule has 0 radical (unpaired) electrons. The molecule has 1 aromatic rings. The molecule has 4 heteroatoms. The van der Waals surface area contributed by atoms with Gasteiger partial charge >= 0.3 is 0 Å². The lowest BCUT2D eigenvalue weighted by Crippen LogP contribution is -2.30. The number of hydrogen-bond acceptors (Lipinski definition) is 2. The van der Waals surface area contributed by atoms with Gasteiger partial charge in [0.1, 0.15) is 0 Å². The van der Waals surface area contributed by atoms with Crippen LogP contribution in [-0.2, 0) is 4.74 Å². The first-order valence-electron chi connectivity index (χ1n) is 7.33. The SMILES string of the molecule is CCCNC(c1cc(Br)c(C)cc1Br)C1COC(C)C1. The Morgan fingerprint density at radius 3 is 2.70 bits per heavy atom. The molecule has 0 amide bonds. The van der Waals surface area contributed by atoms with Crippen molar-refractivity contribution in [1.82, 2.24) is 5.32 Å². The van der Waals surface area contributed by atoms with Gasteiger partial charge < -0.3 is 10.1 Å². The number of aryl methyl sites for hydroxylation is 1. The molecule has 0 saturated carbocycles. The van der Waals surface area contributed by atoms with Crippen molar-refractivity contribution in [2.24, 2.45) is 5.92 Å². The fourth-order valence-electron chi connectivity index (χ4n) is 2.81. The Bertz CT molecular complexity index is 464. The molecule has 20 heavy (non-hydrogen) atoms. The average molecular weight is 405 g/mol. The van der Waals surface area contributed by atoms with E-state index in [1.807, 2.05) is 0 Å². The van der Waals surface area contributed by atoms with Gasteiger partial charge in [0.05, 0.1) is 12.7 Å². The van der Waals surface area contributed by atoms with Crippen molar-refractivity contribution in [3.8, 4) is 0 Å². The smallest absolute Gasteiger partial charge is 0.0551 e. The summed E-state index contributed by atoms with van der Waals surface area (Å²) < 4.78 is 8.13. The van der Waals surface area contributed by atoms with Crippen LogP contribution >= 0.6 is 31.9 Å². The summed E-state index contributed by atoms with van der Waals surface area (Å²) in [5.41, 5.74) is 2.59. The normalized spacial score (nSPS) is 24.1. The highest BCUT2D eigenvalue weighted by molar-refractivity contribution is 9.11. The molecule has 1 fully saturated rings. The van der Waals surface area contributed by atoms with Gasteiger partial charge in [-0.25, -0.2) is 0 Å². The highest BCUT2D eigenvalue weighted by Gasteiger charge is 2.31. The minimum atomic E-state index is 0.353.